The maximum Gasteiger partial charge on any atom is 0.293 e. The second-order valence-electron chi connectivity index (χ2n) is 4.75. The van der Waals surface area contributed by atoms with E-state index in [0.29, 0.717) is 0 Å². The molecule has 0 unspecified atom stereocenters. The van der Waals surface area contributed by atoms with E-state index in [9.17, 15) is 14.0 Å². The minimum atomic E-state index is -0.547. The van der Waals surface area contributed by atoms with E-state index in [2.05, 4.69) is 4.98 Å². The van der Waals surface area contributed by atoms with Crippen LogP contribution in [0.4, 0.5) is 9.18 Å². The first-order valence-electron chi connectivity index (χ1n) is 6.64. The molecule has 0 spiro atoms. The molecule has 2 amide bonds. The molecule has 0 bridgehead atoms. The van der Waals surface area contributed by atoms with Crippen molar-refractivity contribution < 1.29 is 14.0 Å². The van der Waals surface area contributed by atoms with Gasteiger partial charge in [-0.3, -0.25) is 19.5 Å². The van der Waals surface area contributed by atoms with Crippen LogP contribution >= 0.6 is 23.4 Å². The van der Waals surface area contributed by atoms with Crippen LogP contribution < -0.4 is 0 Å². The molecule has 1 fully saturated rings. The van der Waals surface area contributed by atoms with Gasteiger partial charge in [0.25, 0.3) is 11.1 Å². The molecule has 1 aromatic heterocycles. The lowest BCUT2D eigenvalue weighted by Crippen LogP contribution is -2.28. The van der Waals surface area contributed by atoms with Crippen LogP contribution in [0.1, 0.15) is 11.1 Å². The van der Waals surface area contributed by atoms with E-state index in [4.69, 9.17) is 11.6 Å². The summed E-state index contributed by atoms with van der Waals surface area (Å²) in [5.74, 6) is -1.01. The van der Waals surface area contributed by atoms with Crippen LogP contribution in [0, 0.1) is 5.82 Å². The Labute approximate surface area is 141 Å². The van der Waals surface area contributed by atoms with Gasteiger partial charge in [0.2, 0.25) is 0 Å². The van der Waals surface area contributed by atoms with Crippen molar-refractivity contribution in [2.75, 3.05) is 0 Å². The summed E-state index contributed by atoms with van der Waals surface area (Å²) < 4.78 is 13.8. The van der Waals surface area contributed by atoms with Crippen molar-refractivity contribution in [3.63, 3.8) is 0 Å². The first-order valence-corrected chi connectivity index (χ1v) is 7.84. The summed E-state index contributed by atoms with van der Waals surface area (Å²) in [5.41, 5.74) is 0.885. The van der Waals surface area contributed by atoms with E-state index in [0.717, 1.165) is 22.2 Å². The lowest BCUT2D eigenvalue weighted by atomic mass is 10.2. The van der Waals surface area contributed by atoms with Crippen molar-refractivity contribution in [2.24, 2.45) is 0 Å². The topological polar surface area (TPSA) is 50.3 Å². The third-order valence-corrected chi connectivity index (χ3v) is 4.52. The van der Waals surface area contributed by atoms with Crippen molar-refractivity contribution in [3.8, 4) is 0 Å². The molecule has 2 heterocycles. The van der Waals surface area contributed by atoms with Gasteiger partial charge in [-0.25, -0.2) is 4.39 Å². The van der Waals surface area contributed by atoms with Gasteiger partial charge in [0.1, 0.15) is 5.82 Å². The average Bonchev–Trinajstić information content (AvgIpc) is 2.79. The zero-order chi connectivity index (χ0) is 16.4. The zero-order valence-electron chi connectivity index (χ0n) is 11.7. The van der Waals surface area contributed by atoms with E-state index >= 15 is 0 Å². The minimum absolute atomic E-state index is 0.127. The summed E-state index contributed by atoms with van der Waals surface area (Å²) in [4.78, 5) is 29.6. The molecule has 1 saturated heterocycles. The third kappa shape index (κ3) is 3.28. The fourth-order valence-corrected chi connectivity index (χ4v) is 3.15. The Balaban J connectivity index is 1.86. The highest BCUT2D eigenvalue weighted by atomic mass is 35.5. The Morgan fingerprint density at radius 3 is 2.65 bits per heavy atom. The second kappa shape index (κ2) is 6.52. The largest absolute Gasteiger partial charge is 0.293 e. The van der Waals surface area contributed by atoms with Crippen molar-refractivity contribution in [1.29, 1.82) is 0 Å². The number of hydrogen-bond donors (Lipinski definition) is 0. The zero-order valence-corrected chi connectivity index (χ0v) is 13.3. The Kier molecular flexibility index (Phi) is 4.45. The standard InChI is InChI=1S/C16H10ClFN2O2S/c17-12-2-1-3-13(18)11(12)9-20-15(21)14(23-16(20)22)8-10-4-6-19-7-5-10/h1-8H,9H2/b14-8+. The number of thioether (sulfide) groups is 1. The molecule has 0 aliphatic carbocycles. The Morgan fingerprint density at radius 2 is 1.96 bits per heavy atom. The predicted molar refractivity (Wildman–Crippen MR) is 87.2 cm³/mol. The van der Waals surface area contributed by atoms with Gasteiger partial charge in [-0.1, -0.05) is 17.7 Å². The van der Waals surface area contributed by atoms with Crippen LogP contribution in [-0.4, -0.2) is 21.0 Å². The number of hydrogen-bond acceptors (Lipinski definition) is 4. The van der Waals surface area contributed by atoms with Crippen LogP contribution in [0.3, 0.4) is 0 Å². The molecule has 0 atom stereocenters. The number of carbonyl (C=O) groups excluding carboxylic acids is 2. The van der Waals surface area contributed by atoms with Crippen molar-refractivity contribution in [1.82, 2.24) is 9.88 Å². The Bertz CT molecular complexity index is 791. The van der Waals surface area contributed by atoms with E-state index < -0.39 is 17.0 Å². The molecule has 1 aliphatic heterocycles. The van der Waals surface area contributed by atoms with E-state index in [1.165, 1.54) is 18.2 Å². The molecule has 0 saturated carbocycles. The fourth-order valence-electron chi connectivity index (χ4n) is 2.09. The van der Waals surface area contributed by atoms with Gasteiger partial charge >= 0.3 is 0 Å². The number of nitrogens with zero attached hydrogens (tertiary/aromatic N) is 2. The van der Waals surface area contributed by atoms with E-state index in [-0.39, 0.29) is 22.0 Å². The number of rotatable bonds is 3. The van der Waals surface area contributed by atoms with Gasteiger partial charge < -0.3 is 0 Å². The summed E-state index contributed by atoms with van der Waals surface area (Å²) in [5, 5.41) is -0.267. The molecular weight excluding hydrogens is 339 g/mol. The van der Waals surface area contributed by atoms with Gasteiger partial charge in [-0.05, 0) is 47.7 Å². The number of halogens is 2. The summed E-state index contributed by atoms with van der Waals surface area (Å²) in [6.45, 7) is -0.191. The second-order valence-corrected chi connectivity index (χ2v) is 6.15. The smallest absolute Gasteiger partial charge is 0.268 e. The van der Waals surface area contributed by atoms with Crippen LogP contribution in [0.2, 0.25) is 5.02 Å². The summed E-state index contributed by atoms with van der Waals surface area (Å²) >= 11 is 6.77. The number of carbonyl (C=O) groups is 2. The summed E-state index contributed by atoms with van der Waals surface area (Å²) in [7, 11) is 0. The molecule has 4 nitrogen and oxygen atoms in total. The third-order valence-electron chi connectivity index (χ3n) is 3.26. The maximum atomic E-state index is 13.8. The van der Waals surface area contributed by atoms with E-state index in [1.54, 1.807) is 30.6 Å². The lowest BCUT2D eigenvalue weighted by molar-refractivity contribution is -0.123. The molecule has 1 aliphatic rings. The highest BCUT2D eigenvalue weighted by Gasteiger charge is 2.35. The predicted octanol–water partition coefficient (Wildman–Crippen LogP) is 4.11. The van der Waals surface area contributed by atoms with Crippen LogP contribution in [-0.2, 0) is 11.3 Å². The number of pyridine rings is 1. The molecule has 2 aromatic rings. The summed E-state index contributed by atoms with van der Waals surface area (Å²) in [6, 6.07) is 7.68. The number of imide groups is 1. The SMILES string of the molecule is O=C1S/C(=C/c2ccncc2)C(=O)N1Cc1c(F)cccc1Cl. The molecule has 0 radical (unpaired) electrons. The molecule has 7 heteroatoms. The van der Waals surface area contributed by atoms with Crippen molar-refractivity contribution in [3.05, 3.63) is 69.6 Å². The molecule has 116 valence electrons. The molecule has 3 rings (SSSR count). The highest BCUT2D eigenvalue weighted by Crippen LogP contribution is 2.34. The van der Waals surface area contributed by atoms with Crippen LogP contribution in [0.5, 0.6) is 0 Å². The van der Waals surface area contributed by atoms with Gasteiger partial charge in [0.15, 0.2) is 0 Å². The average molecular weight is 349 g/mol. The monoisotopic (exact) mass is 348 g/mol. The highest BCUT2D eigenvalue weighted by molar-refractivity contribution is 8.18. The molecule has 1 aromatic carbocycles. The van der Waals surface area contributed by atoms with Crippen LogP contribution in [0.15, 0.2) is 47.6 Å². The molecule has 23 heavy (non-hydrogen) atoms. The van der Waals surface area contributed by atoms with Gasteiger partial charge in [-0.15, -0.1) is 0 Å². The van der Waals surface area contributed by atoms with E-state index in [1.807, 2.05) is 0 Å². The molecular formula is C16H10ClFN2O2S. The lowest BCUT2D eigenvalue weighted by Gasteiger charge is -2.14. The Hall–Kier alpha value is -2.18. The number of aromatic nitrogens is 1. The summed E-state index contributed by atoms with van der Waals surface area (Å²) in [6.07, 6.45) is 4.79. The van der Waals surface area contributed by atoms with Crippen molar-refractivity contribution in [2.45, 2.75) is 6.54 Å². The van der Waals surface area contributed by atoms with Gasteiger partial charge in [0, 0.05) is 23.0 Å². The Morgan fingerprint density at radius 1 is 1.22 bits per heavy atom. The quantitative estimate of drug-likeness (QED) is 0.783. The first-order chi connectivity index (χ1) is 11.1. The fraction of sp³-hybridized carbons (Fsp3) is 0.0625. The van der Waals surface area contributed by atoms with Crippen molar-refractivity contribution >= 4 is 40.6 Å². The normalized spacial score (nSPS) is 16.4. The number of benzene rings is 1. The molecule has 0 N–H and O–H groups in total. The van der Waals surface area contributed by atoms with Gasteiger partial charge in [0.05, 0.1) is 11.4 Å². The number of amides is 2. The maximum absolute atomic E-state index is 13.8. The first kappa shape index (κ1) is 15.7. The minimum Gasteiger partial charge on any atom is -0.268 e. The van der Waals surface area contributed by atoms with Gasteiger partial charge in [-0.2, -0.15) is 0 Å². The van der Waals surface area contributed by atoms with Crippen LogP contribution in [0.25, 0.3) is 6.08 Å².